The number of halogens is 2. The Morgan fingerprint density at radius 2 is 1.64 bits per heavy atom. The van der Waals surface area contributed by atoms with E-state index in [0.717, 1.165) is 28.6 Å². The van der Waals surface area contributed by atoms with Gasteiger partial charge in [0, 0.05) is 11.6 Å². The monoisotopic (exact) mass is 341 g/mol. The lowest BCUT2D eigenvalue weighted by molar-refractivity contribution is 0.269. The molecule has 0 spiro atoms. The Hall–Kier alpha value is -1.42. The first-order valence-corrected chi connectivity index (χ1v) is 7.38. The Morgan fingerprint density at radius 3 is 2.27 bits per heavy atom. The Kier molecular flexibility index (Phi) is 8.10. The van der Waals surface area contributed by atoms with Gasteiger partial charge in [-0.1, -0.05) is 29.8 Å². The molecule has 22 heavy (non-hydrogen) atoms. The fourth-order valence-corrected chi connectivity index (χ4v) is 2.12. The number of rotatable bonds is 7. The zero-order valence-electron chi connectivity index (χ0n) is 12.8. The van der Waals surface area contributed by atoms with Crippen LogP contribution in [0, 0.1) is 0 Å². The van der Waals surface area contributed by atoms with Crippen LogP contribution in [0.1, 0.15) is 18.1 Å². The van der Waals surface area contributed by atoms with Crippen molar-refractivity contribution in [3.05, 3.63) is 58.6 Å². The molecule has 2 aromatic carbocycles. The fourth-order valence-electron chi connectivity index (χ4n) is 2.00. The van der Waals surface area contributed by atoms with E-state index in [-0.39, 0.29) is 12.4 Å². The molecule has 0 unspecified atom stereocenters. The minimum atomic E-state index is 0. The highest BCUT2D eigenvalue weighted by Gasteiger charge is 2.07. The first-order chi connectivity index (χ1) is 10.2. The molecule has 0 heterocycles. The second kappa shape index (κ2) is 9.57. The van der Waals surface area contributed by atoms with Gasteiger partial charge in [-0.2, -0.15) is 0 Å². The summed E-state index contributed by atoms with van der Waals surface area (Å²) < 4.78 is 11.5. The largest absolute Gasteiger partial charge is 0.490 e. The molecule has 2 rings (SSSR count). The zero-order valence-corrected chi connectivity index (χ0v) is 14.3. The maximum atomic E-state index is 5.88. The van der Waals surface area contributed by atoms with Crippen molar-refractivity contribution in [1.29, 1.82) is 0 Å². The molecule has 0 amide bonds. The van der Waals surface area contributed by atoms with Gasteiger partial charge in [-0.25, -0.2) is 0 Å². The van der Waals surface area contributed by atoms with Crippen LogP contribution in [0.5, 0.6) is 11.5 Å². The van der Waals surface area contributed by atoms with E-state index in [1.807, 2.05) is 56.4 Å². The molecule has 0 radical (unpaired) electrons. The number of hydrogen-bond donors (Lipinski definition) is 1. The fraction of sp³-hybridized carbons (Fsp3) is 0.294. The van der Waals surface area contributed by atoms with Gasteiger partial charge in [0.1, 0.15) is 6.61 Å². The Balaban J connectivity index is 0.00000242. The van der Waals surface area contributed by atoms with Crippen LogP contribution in [0.2, 0.25) is 5.02 Å². The predicted molar refractivity (Wildman–Crippen MR) is 93.4 cm³/mol. The maximum absolute atomic E-state index is 5.88. The quantitative estimate of drug-likeness (QED) is 0.806. The number of ether oxygens (including phenoxy) is 2. The minimum Gasteiger partial charge on any atom is -0.490 e. The van der Waals surface area contributed by atoms with Crippen molar-refractivity contribution in [3.8, 4) is 11.5 Å². The van der Waals surface area contributed by atoms with Crippen molar-refractivity contribution in [1.82, 2.24) is 5.32 Å². The lowest BCUT2D eigenvalue weighted by Crippen LogP contribution is -2.06. The maximum Gasteiger partial charge on any atom is 0.161 e. The van der Waals surface area contributed by atoms with Gasteiger partial charge in [0.25, 0.3) is 0 Å². The molecule has 0 aliphatic carbocycles. The summed E-state index contributed by atoms with van der Waals surface area (Å²) in [5.74, 6) is 1.53. The molecule has 1 N–H and O–H groups in total. The van der Waals surface area contributed by atoms with E-state index in [1.165, 1.54) is 5.56 Å². The van der Waals surface area contributed by atoms with Crippen LogP contribution in [-0.2, 0) is 13.2 Å². The second-order valence-corrected chi connectivity index (χ2v) is 5.10. The summed E-state index contributed by atoms with van der Waals surface area (Å²) in [5.41, 5.74) is 2.24. The third-order valence-corrected chi connectivity index (χ3v) is 3.25. The lowest BCUT2D eigenvalue weighted by Gasteiger charge is -2.13. The predicted octanol–water partition coefficient (Wildman–Crippen LogP) is 4.46. The second-order valence-electron chi connectivity index (χ2n) is 4.66. The summed E-state index contributed by atoms with van der Waals surface area (Å²) >= 11 is 5.88. The summed E-state index contributed by atoms with van der Waals surface area (Å²) in [4.78, 5) is 0. The molecular weight excluding hydrogens is 321 g/mol. The average Bonchev–Trinajstić information content (AvgIpc) is 2.49. The molecular formula is C17H21Cl2NO2. The first-order valence-electron chi connectivity index (χ1n) is 7.00. The first kappa shape index (κ1) is 18.6. The van der Waals surface area contributed by atoms with Gasteiger partial charge in [-0.15, -0.1) is 12.4 Å². The van der Waals surface area contributed by atoms with Crippen LogP contribution in [0.3, 0.4) is 0 Å². The van der Waals surface area contributed by atoms with E-state index >= 15 is 0 Å². The Morgan fingerprint density at radius 1 is 0.955 bits per heavy atom. The smallest absolute Gasteiger partial charge is 0.161 e. The van der Waals surface area contributed by atoms with Crippen molar-refractivity contribution in [3.63, 3.8) is 0 Å². The van der Waals surface area contributed by atoms with Crippen LogP contribution < -0.4 is 14.8 Å². The van der Waals surface area contributed by atoms with Gasteiger partial charge in [0.05, 0.1) is 6.61 Å². The molecule has 0 aliphatic heterocycles. The van der Waals surface area contributed by atoms with Crippen molar-refractivity contribution >= 4 is 24.0 Å². The molecule has 5 heteroatoms. The van der Waals surface area contributed by atoms with Crippen molar-refractivity contribution in [2.24, 2.45) is 0 Å². The molecule has 0 atom stereocenters. The summed E-state index contributed by atoms with van der Waals surface area (Å²) in [6, 6.07) is 13.6. The van der Waals surface area contributed by atoms with Gasteiger partial charge in [0.15, 0.2) is 11.5 Å². The van der Waals surface area contributed by atoms with Crippen LogP contribution in [0.4, 0.5) is 0 Å². The Bertz CT molecular complexity index is 573. The normalized spacial score (nSPS) is 9.95. The molecule has 120 valence electrons. The van der Waals surface area contributed by atoms with Gasteiger partial charge in [-0.05, 0) is 49.4 Å². The van der Waals surface area contributed by atoms with Crippen molar-refractivity contribution < 1.29 is 9.47 Å². The molecule has 0 saturated heterocycles. The SMILES string of the molecule is CCOc1cc(CNC)ccc1OCc1ccc(Cl)cc1.Cl. The zero-order chi connectivity index (χ0) is 15.1. The minimum absolute atomic E-state index is 0. The standard InChI is InChI=1S/C17H20ClNO2.ClH/c1-3-20-17-10-14(11-19-2)6-9-16(17)21-12-13-4-7-15(18)8-5-13;/h4-10,19H,3,11-12H2,1-2H3;1H. The number of hydrogen-bond acceptors (Lipinski definition) is 3. The topological polar surface area (TPSA) is 30.5 Å². The summed E-state index contributed by atoms with van der Waals surface area (Å²) in [6.45, 7) is 3.87. The van der Waals surface area contributed by atoms with E-state index in [9.17, 15) is 0 Å². The van der Waals surface area contributed by atoms with Crippen molar-refractivity contribution in [2.45, 2.75) is 20.1 Å². The summed E-state index contributed by atoms with van der Waals surface area (Å²) in [5, 5.41) is 3.85. The van der Waals surface area contributed by atoms with E-state index < -0.39 is 0 Å². The average molecular weight is 342 g/mol. The Labute approximate surface area is 143 Å². The summed E-state index contributed by atoms with van der Waals surface area (Å²) in [7, 11) is 1.92. The van der Waals surface area contributed by atoms with Crippen LogP contribution in [0.15, 0.2) is 42.5 Å². The molecule has 0 bridgehead atoms. The van der Waals surface area contributed by atoms with E-state index in [0.29, 0.717) is 13.2 Å². The van der Waals surface area contributed by atoms with Gasteiger partial charge >= 0.3 is 0 Å². The van der Waals surface area contributed by atoms with Gasteiger partial charge in [0.2, 0.25) is 0 Å². The number of benzene rings is 2. The molecule has 0 aliphatic rings. The lowest BCUT2D eigenvalue weighted by atomic mass is 10.2. The third kappa shape index (κ3) is 5.41. The van der Waals surface area contributed by atoms with Gasteiger partial charge < -0.3 is 14.8 Å². The van der Waals surface area contributed by atoms with E-state index in [1.54, 1.807) is 0 Å². The number of nitrogens with one attached hydrogen (secondary N) is 1. The molecule has 3 nitrogen and oxygen atoms in total. The van der Waals surface area contributed by atoms with E-state index in [2.05, 4.69) is 5.32 Å². The van der Waals surface area contributed by atoms with Gasteiger partial charge in [-0.3, -0.25) is 0 Å². The van der Waals surface area contributed by atoms with Crippen LogP contribution in [-0.4, -0.2) is 13.7 Å². The van der Waals surface area contributed by atoms with Crippen LogP contribution >= 0.6 is 24.0 Å². The highest BCUT2D eigenvalue weighted by atomic mass is 35.5. The molecule has 2 aromatic rings. The summed E-state index contributed by atoms with van der Waals surface area (Å²) in [6.07, 6.45) is 0. The molecule has 0 fully saturated rings. The highest BCUT2D eigenvalue weighted by molar-refractivity contribution is 6.30. The molecule has 0 aromatic heterocycles. The molecule has 0 saturated carbocycles. The van der Waals surface area contributed by atoms with Crippen molar-refractivity contribution in [2.75, 3.05) is 13.7 Å². The van der Waals surface area contributed by atoms with Crippen LogP contribution in [0.25, 0.3) is 0 Å². The van der Waals surface area contributed by atoms with E-state index in [4.69, 9.17) is 21.1 Å². The highest BCUT2D eigenvalue weighted by Crippen LogP contribution is 2.29. The third-order valence-electron chi connectivity index (χ3n) is 3.00.